The first-order chi connectivity index (χ1) is 12.5. The maximum atomic E-state index is 13.1. The lowest BCUT2D eigenvalue weighted by Gasteiger charge is -2.30. The van der Waals surface area contributed by atoms with Crippen molar-refractivity contribution >= 4 is 17.5 Å². The van der Waals surface area contributed by atoms with Gasteiger partial charge in [0.2, 0.25) is 5.78 Å². The Morgan fingerprint density at radius 2 is 1.50 bits per heavy atom. The van der Waals surface area contributed by atoms with E-state index in [4.69, 9.17) is 4.74 Å². The first kappa shape index (κ1) is 16.5. The first-order valence-electron chi connectivity index (χ1n) is 8.70. The molecule has 4 rings (SSSR count). The van der Waals surface area contributed by atoms with E-state index in [1.54, 1.807) is 24.3 Å². The fraction of sp³-hybridized carbons (Fsp3) is 0.227. The van der Waals surface area contributed by atoms with Crippen LogP contribution < -0.4 is 0 Å². The van der Waals surface area contributed by atoms with Crippen molar-refractivity contribution in [2.24, 2.45) is 0 Å². The highest BCUT2D eigenvalue weighted by atomic mass is 16.5. The van der Waals surface area contributed by atoms with E-state index in [0.717, 1.165) is 5.56 Å². The van der Waals surface area contributed by atoms with Crippen molar-refractivity contribution in [2.75, 3.05) is 0 Å². The third-order valence-corrected chi connectivity index (χ3v) is 5.05. The third-order valence-electron chi connectivity index (χ3n) is 5.05. The van der Waals surface area contributed by atoms with Crippen LogP contribution in [0.4, 0.5) is 0 Å². The van der Waals surface area contributed by atoms with Crippen LogP contribution in [0.2, 0.25) is 0 Å². The number of allylic oxidation sites excluding steroid dienone is 2. The van der Waals surface area contributed by atoms with E-state index in [9.17, 15) is 14.4 Å². The van der Waals surface area contributed by atoms with Crippen LogP contribution in [0.15, 0.2) is 59.9 Å². The molecule has 1 atom stereocenters. The maximum Gasteiger partial charge on any atom is 0.312 e. The minimum absolute atomic E-state index is 0.0566. The molecule has 2 aromatic rings. The molecule has 0 amide bonds. The van der Waals surface area contributed by atoms with Crippen LogP contribution in [0.25, 0.3) is 0 Å². The third kappa shape index (κ3) is 2.49. The second-order valence-electron chi connectivity index (χ2n) is 7.00. The van der Waals surface area contributed by atoms with Gasteiger partial charge < -0.3 is 4.74 Å². The molecular formula is C22H18O4. The van der Waals surface area contributed by atoms with E-state index < -0.39 is 17.7 Å². The number of carbonyl (C=O) groups excluding carboxylic acids is 3. The highest BCUT2D eigenvalue weighted by molar-refractivity contribution is 6.27. The minimum atomic E-state index is -0.484. The normalized spacial score (nSPS) is 19.3. The molecular weight excluding hydrogens is 328 g/mol. The standard InChI is InChI=1S/C22H18O4/c1-12(2)13-7-9-14(10-8-13)17-11-18(23)26-22-19(17)20(24)15-5-3-4-6-16(15)21(22)25/h3-10,12,17H,11H2,1-2H3/t17-/m0/s1. The van der Waals surface area contributed by atoms with Gasteiger partial charge in [0, 0.05) is 17.0 Å². The zero-order valence-electron chi connectivity index (χ0n) is 14.6. The van der Waals surface area contributed by atoms with Crippen molar-refractivity contribution in [3.05, 3.63) is 82.1 Å². The van der Waals surface area contributed by atoms with Gasteiger partial charge in [-0.2, -0.15) is 0 Å². The number of Topliss-reactive ketones (excluding diaryl/α,β-unsaturated/α-hetero) is 2. The predicted octanol–water partition coefficient (Wildman–Crippen LogP) is 4.17. The number of carbonyl (C=O) groups is 3. The number of ketones is 2. The number of hydrogen-bond donors (Lipinski definition) is 0. The molecule has 0 N–H and O–H groups in total. The molecule has 1 aliphatic heterocycles. The van der Waals surface area contributed by atoms with Gasteiger partial charge in [-0.25, -0.2) is 0 Å². The fourth-order valence-electron chi connectivity index (χ4n) is 3.61. The molecule has 0 saturated carbocycles. The highest BCUT2D eigenvalue weighted by Gasteiger charge is 2.42. The predicted molar refractivity (Wildman–Crippen MR) is 96.1 cm³/mol. The van der Waals surface area contributed by atoms with Crippen LogP contribution in [0, 0.1) is 0 Å². The van der Waals surface area contributed by atoms with Crippen LogP contribution in [0.5, 0.6) is 0 Å². The molecule has 26 heavy (non-hydrogen) atoms. The van der Waals surface area contributed by atoms with Crippen molar-refractivity contribution in [3.8, 4) is 0 Å². The van der Waals surface area contributed by atoms with E-state index in [1.165, 1.54) is 5.56 Å². The van der Waals surface area contributed by atoms with Crippen molar-refractivity contribution in [1.82, 2.24) is 0 Å². The summed E-state index contributed by atoms with van der Waals surface area (Å²) in [5.74, 6) is -1.30. The van der Waals surface area contributed by atoms with Crippen LogP contribution in [-0.4, -0.2) is 17.5 Å². The average Bonchev–Trinajstić information content (AvgIpc) is 2.65. The number of rotatable bonds is 2. The molecule has 0 bridgehead atoms. The van der Waals surface area contributed by atoms with E-state index in [-0.39, 0.29) is 18.0 Å². The molecule has 0 unspecified atom stereocenters. The molecule has 4 nitrogen and oxygen atoms in total. The van der Waals surface area contributed by atoms with E-state index in [2.05, 4.69) is 13.8 Å². The number of hydrogen-bond acceptors (Lipinski definition) is 4. The van der Waals surface area contributed by atoms with Gasteiger partial charge in [-0.05, 0) is 17.0 Å². The topological polar surface area (TPSA) is 60.4 Å². The van der Waals surface area contributed by atoms with Gasteiger partial charge in [-0.15, -0.1) is 0 Å². The van der Waals surface area contributed by atoms with Crippen molar-refractivity contribution in [3.63, 3.8) is 0 Å². The van der Waals surface area contributed by atoms with Crippen LogP contribution in [0.1, 0.15) is 63.9 Å². The lowest BCUT2D eigenvalue weighted by Crippen LogP contribution is -2.32. The number of ether oxygens (including phenoxy) is 1. The molecule has 0 radical (unpaired) electrons. The molecule has 1 heterocycles. The van der Waals surface area contributed by atoms with Gasteiger partial charge in [-0.3, -0.25) is 14.4 Å². The highest BCUT2D eigenvalue weighted by Crippen LogP contribution is 2.41. The Bertz CT molecular complexity index is 964. The van der Waals surface area contributed by atoms with Gasteiger partial charge in [0.1, 0.15) is 0 Å². The summed E-state index contributed by atoms with van der Waals surface area (Å²) in [7, 11) is 0. The summed E-state index contributed by atoms with van der Waals surface area (Å²) in [4.78, 5) is 38.0. The SMILES string of the molecule is CC(C)c1ccc([C@@H]2CC(=O)OC3=C2C(=O)c2ccccc2C3=O)cc1. The van der Waals surface area contributed by atoms with Crippen LogP contribution in [0.3, 0.4) is 0 Å². The quantitative estimate of drug-likeness (QED) is 0.766. The Balaban J connectivity index is 1.84. The van der Waals surface area contributed by atoms with Gasteiger partial charge >= 0.3 is 5.97 Å². The first-order valence-corrected chi connectivity index (χ1v) is 8.70. The van der Waals surface area contributed by atoms with E-state index in [1.807, 2.05) is 24.3 Å². The summed E-state index contributed by atoms with van der Waals surface area (Å²) in [6.07, 6.45) is 0.0566. The molecule has 1 aliphatic carbocycles. The second kappa shape index (κ2) is 6.06. The molecule has 0 spiro atoms. The smallest absolute Gasteiger partial charge is 0.312 e. The zero-order chi connectivity index (χ0) is 18.4. The lowest BCUT2D eigenvalue weighted by molar-refractivity contribution is -0.140. The Morgan fingerprint density at radius 1 is 0.885 bits per heavy atom. The monoisotopic (exact) mass is 346 g/mol. The number of fused-ring (bicyclic) bond motifs is 1. The van der Waals surface area contributed by atoms with Gasteiger partial charge in [0.15, 0.2) is 11.5 Å². The second-order valence-corrected chi connectivity index (χ2v) is 7.00. The van der Waals surface area contributed by atoms with Crippen LogP contribution in [-0.2, 0) is 9.53 Å². The Kier molecular flexibility index (Phi) is 3.83. The number of esters is 1. The van der Waals surface area contributed by atoms with Gasteiger partial charge in [0.05, 0.1) is 12.0 Å². The molecule has 4 heteroatoms. The van der Waals surface area contributed by atoms with E-state index in [0.29, 0.717) is 22.6 Å². The lowest BCUT2D eigenvalue weighted by atomic mass is 9.76. The summed E-state index contributed by atoms with van der Waals surface area (Å²) in [6, 6.07) is 14.5. The van der Waals surface area contributed by atoms with Crippen molar-refractivity contribution < 1.29 is 19.1 Å². The molecule has 2 aromatic carbocycles. The summed E-state index contributed by atoms with van der Waals surface area (Å²) >= 11 is 0. The van der Waals surface area contributed by atoms with Crippen molar-refractivity contribution in [1.29, 1.82) is 0 Å². The summed E-state index contributed by atoms with van der Waals surface area (Å²) < 4.78 is 5.21. The summed E-state index contributed by atoms with van der Waals surface area (Å²) in [5.41, 5.74) is 2.99. The Hall–Kier alpha value is -3.01. The molecule has 130 valence electrons. The zero-order valence-corrected chi connectivity index (χ0v) is 14.6. The molecule has 2 aliphatic rings. The van der Waals surface area contributed by atoms with Crippen molar-refractivity contribution in [2.45, 2.75) is 32.1 Å². The Morgan fingerprint density at radius 3 is 2.12 bits per heavy atom. The van der Waals surface area contributed by atoms with Crippen LogP contribution >= 0.6 is 0 Å². The summed E-state index contributed by atoms with van der Waals surface area (Å²) in [6.45, 7) is 4.21. The fourth-order valence-corrected chi connectivity index (χ4v) is 3.61. The minimum Gasteiger partial charge on any atom is -0.422 e. The molecule has 0 fully saturated rings. The molecule has 0 aromatic heterocycles. The van der Waals surface area contributed by atoms with Gasteiger partial charge in [0.25, 0.3) is 0 Å². The molecule has 0 saturated heterocycles. The largest absolute Gasteiger partial charge is 0.422 e. The maximum absolute atomic E-state index is 13.1. The Labute approximate surface area is 151 Å². The average molecular weight is 346 g/mol. The number of benzene rings is 2. The van der Waals surface area contributed by atoms with E-state index >= 15 is 0 Å². The van der Waals surface area contributed by atoms with Gasteiger partial charge in [-0.1, -0.05) is 62.4 Å². The summed E-state index contributed by atoms with van der Waals surface area (Å²) in [5, 5.41) is 0.